The lowest BCUT2D eigenvalue weighted by Crippen LogP contribution is -2.37. The van der Waals surface area contributed by atoms with Crippen LogP contribution in [0.2, 0.25) is 0 Å². The third kappa shape index (κ3) is 3.04. The van der Waals surface area contributed by atoms with Crippen molar-refractivity contribution in [2.45, 2.75) is 13.8 Å². The normalized spacial score (nSPS) is 11.1. The number of carbonyl (C=O) groups excluding carboxylic acids is 1. The summed E-state index contributed by atoms with van der Waals surface area (Å²) in [6.45, 7) is 3.32. The molecule has 4 N–H and O–H groups in total. The summed E-state index contributed by atoms with van der Waals surface area (Å²) >= 11 is 0. The van der Waals surface area contributed by atoms with E-state index in [1.807, 2.05) is 0 Å². The number of hydrogen-bond acceptors (Lipinski definition) is 3. The molecule has 0 aliphatic carbocycles. The first kappa shape index (κ1) is 14.1. The van der Waals surface area contributed by atoms with Crippen LogP contribution < -0.4 is 11.1 Å². The number of nitrogens with one attached hydrogen (secondary N) is 1. The number of benzene rings is 1. The first-order chi connectivity index (χ1) is 8.27. The Labute approximate surface area is 104 Å². The molecule has 0 bridgehead atoms. The summed E-state index contributed by atoms with van der Waals surface area (Å²) in [5.74, 6) is -2.32. The number of amides is 1. The first-order valence-electron chi connectivity index (χ1n) is 5.32. The zero-order valence-corrected chi connectivity index (χ0v) is 10.2. The van der Waals surface area contributed by atoms with Crippen molar-refractivity contribution in [3.63, 3.8) is 0 Å². The van der Waals surface area contributed by atoms with Crippen LogP contribution in [0.3, 0.4) is 0 Å². The standard InChI is InChI=1S/C12H15FN2O3/c1-12(2,6-14)11(18)15-9-5-7(13)3-4-8(9)10(16)17/h3-5H,6,14H2,1-2H3,(H,15,18)(H,16,17). The zero-order valence-electron chi connectivity index (χ0n) is 10.2. The molecule has 1 aromatic carbocycles. The molecule has 0 aromatic heterocycles. The topological polar surface area (TPSA) is 92.4 Å². The SMILES string of the molecule is CC(C)(CN)C(=O)Nc1cc(F)ccc1C(=O)O. The van der Waals surface area contributed by atoms with E-state index in [-0.39, 0.29) is 17.8 Å². The highest BCUT2D eigenvalue weighted by molar-refractivity contribution is 6.02. The van der Waals surface area contributed by atoms with Gasteiger partial charge in [0.25, 0.3) is 0 Å². The van der Waals surface area contributed by atoms with E-state index in [0.717, 1.165) is 18.2 Å². The Morgan fingerprint density at radius 2 is 2.06 bits per heavy atom. The van der Waals surface area contributed by atoms with Crippen LogP contribution in [0.25, 0.3) is 0 Å². The minimum atomic E-state index is -1.24. The first-order valence-corrected chi connectivity index (χ1v) is 5.32. The van der Waals surface area contributed by atoms with Crippen LogP contribution in [-0.2, 0) is 4.79 Å². The lowest BCUT2D eigenvalue weighted by atomic mass is 9.92. The molecule has 0 spiro atoms. The Bertz CT molecular complexity index is 486. The van der Waals surface area contributed by atoms with Crippen LogP contribution in [0, 0.1) is 11.2 Å². The van der Waals surface area contributed by atoms with E-state index in [0.29, 0.717) is 0 Å². The predicted octanol–water partition coefficient (Wildman–Crippen LogP) is 1.45. The van der Waals surface area contributed by atoms with Crippen molar-refractivity contribution in [1.29, 1.82) is 0 Å². The number of carboxylic acids is 1. The van der Waals surface area contributed by atoms with Crippen LogP contribution in [-0.4, -0.2) is 23.5 Å². The van der Waals surface area contributed by atoms with Gasteiger partial charge in [-0.25, -0.2) is 9.18 Å². The molecule has 0 fully saturated rings. The van der Waals surface area contributed by atoms with Crippen molar-refractivity contribution in [1.82, 2.24) is 0 Å². The highest BCUT2D eigenvalue weighted by Gasteiger charge is 2.27. The van der Waals surface area contributed by atoms with Crippen LogP contribution in [0.5, 0.6) is 0 Å². The molecule has 0 aliphatic rings. The fourth-order valence-corrected chi connectivity index (χ4v) is 1.19. The van der Waals surface area contributed by atoms with E-state index < -0.39 is 23.1 Å². The molecule has 0 radical (unpaired) electrons. The number of anilines is 1. The van der Waals surface area contributed by atoms with Crippen molar-refractivity contribution < 1.29 is 19.1 Å². The number of carbonyl (C=O) groups is 2. The molecule has 1 aromatic rings. The maximum atomic E-state index is 13.1. The molecule has 98 valence electrons. The summed E-state index contributed by atoms with van der Waals surface area (Å²) in [7, 11) is 0. The summed E-state index contributed by atoms with van der Waals surface area (Å²) in [6.07, 6.45) is 0. The summed E-state index contributed by atoms with van der Waals surface area (Å²) in [6, 6.07) is 3.09. The Kier molecular flexibility index (Phi) is 4.03. The number of hydrogen-bond donors (Lipinski definition) is 3. The molecular weight excluding hydrogens is 239 g/mol. The van der Waals surface area contributed by atoms with Crippen LogP contribution in [0.15, 0.2) is 18.2 Å². The van der Waals surface area contributed by atoms with Gasteiger partial charge in [0.15, 0.2) is 0 Å². The molecule has 18 heavy (non-hydrogen) atoms. The van der Waals surface area contributed by atoms with Gasteiger partial charge in [-0.1, -0.05) is 0 Å². The predicted molar refractivity (Wildman–Crippen MR) is 64.8 cm³/mol. The second kappa shape index (κ2) is 5.14. The van der Waals surface area contributed by atoms with Gasteiger partial charge in [0.05, 0.1) is 16.7 Å². The molecule has 6 heteroatoms. The largest absolute Gasteiger partial charge is 0.478 e. The number of nitrogens with two attached hydrogens (primary N) is 1. The molecule has 0 heterocycles. The van der Waals surface area contributed by atoms with Gasteiger partial charge in [-0.3, -0.25) is 4.79 Å². The third-order valence-electron chi connectivity index (χ3n) is 2.59. The minimum absolute atomic E-state index is 0.0750. The fourth-order valence-electron chi connectivity index (χ4n) is 1.19. The van der Waals surface area contributed by atoms with Crippen LogP contribution in [0.1, 0.15) is 24.2 Å². The van der Waals surface area contributed by atoms with Gasteiger partial charge in [-0.15, -0.1) is 0 Å². The Morgan fingerprint density at radius 1 is 1.44 bits per heavy atom. The molecule has 0 atom stereocenters. The maximum Gasteiger partial charge on any atom is 0.337 e. The Balaban J connectivity index is 3.07. The van der Waals surface area contributed by atoms with E-state index in [9.17, 15) is 14.0 Å². The highest BCUT2D eigenvalue weighted by atomic mass is 19.1. The number of halogens is 1. The zero-order chi connectivity index (χ0) is 13.9. The highest BCUT2D eigenvalue weighted by Crippen LogP contribution is 2.21. The molecule has 5 nitrogen and oxygen atoms in total. The van der Waals surface area contributed by atoms with E-state index in [2.05, 4.69) is 5.32 Å². The van der Waals surface area contributed by atoms with E-state index in [1.165, 1.54) is 0 Å². The van der Waals surface area contributed by atoms with Crippen molar-refractivity contribution in [3.05, 3.63) is 29.6 Å². The average Bonchev–Trinajstić information content (AvgIpc) is 2.28. The van der Waals surface area contributed by atoms with Crippen molar-refractivity contribution in [3.8, 4) is 0 Å². The quantitative estimate of drug-likeness (QED) is 0.758. The van der Waals surface area contributed by atoms with Crippen molar-refractivity contribution in [2.24, 2.45) is 11.1 Å². The molecule has 0 unspecified atom stereocenters. The fraction of sp³-hybridized carbons (Fsp3) is 0.333. The second-order valence-corrected chi connectivity index (χ2v) is 4.54. The summed E-state index contributed by atoms with van der Waals surface area (Å²) < 4.78 is 13.1. The Hall–Kier alpha value is -1.95. The van der Waals surface area contributed by atoms with Gasteiger partial charge >= 0.3 is 5.97 Å². The van der Waals surface area contributed by atoms with E-state index in [4.69, 9.17) is 10.8 Å². The van der Waals surface area contributed by atoms with E-state index >= 15 is 0 Å². The molecule has 0 saturated carbocycles. The van der Waals surface area contributed by atoms with Gasteiger partial charge in [0.1, 0.15) is 5.82 Å². The summed E-state index contributed by atoms with van der Waals surface area (Å²) in [4.78, 5) is 22.8. The molecule has 0 aliphatic heterocycles. The van der Waals surface area contributed by atoms with E-state index in [1.54, 1.807) is 13.8 Å². The molecular formula is C12H15FN2O3. The Morgan fingerprint density at radius 3 is 2.56 bits per heavy atom. The van der Waals surface area contributed by atoms with Gasteiger partial charge in [0, 0.05) is 6.54 Å². The lowest BCUT2D eigenvalue weighted by molar-refractivity contribution is -0.123. The summed E-state index contributed by atoms with van der Waals surface area (Å²) in [5, 5.41) is 11.3. The van der Waals surface area contributed by atoms with Crippen LogP contribution in [0.4, 0.5) is 10.1 Å². The van der Waals surface area contributed by atoms with Gasteiger partial charge in [-0.2, -0.15) is 0 Å². The van der Waals surface area contributed by atoms with Crippen molar-refractivity contribution >= 4 is 17.6 Å². The third-order valence-corrected chi connectivity index (χ3v) is 2.59. The van der Waals surface area contributed by atoms with Gasteiger partial charge < -0.3 is 16.2 Å². The number of rotatable bonds is 4. The van der Waals surface area contributed by atoms with Crippen LogP contribution >= 0.6 is 0 Å². The second-order valence-electron chi connectivity index (χ2n) is 4.54. The number of carboxylic acid groups (broad SMARTS) is 1. The minimum Gasteiger partial charge on any atom is -0.478 e. The summed E-state index contributed by atoms with van der Waals surface area (Å²) in [5.41, 5.74) is 4.33. The van der Waals surface area contributed by atoms with Gasteiger partial charge in [0.2, 0.25) is 5.91 Å². The molecule has 1 amide bonds. The smallest absolute Gasteiger partial charge is 0.337 e. The number of aromatic carboxylic acids is 1. The van der Waals surface area contributed by atoms with Crippen molar-refractivity contribution in [2.75, 3.05) is 11.9 Å². The molecule has 1 rings (SSSR count). The average molecular weight is 254 g/mol. The molecule has 0 saturated heterocycles. The van der Waals surface area contributed by atoms with Gasteiger partial charge in [-0.05, 0) is 32.0 Å². The lowest BCUT2D eigenvalue weighted by Gasteiger charge is -2.21. The monoisotopic (exact) mass is 254 g/mol. The maximum absolute atomic E-state index is 13.1.